The largest absolute Gasteiger partial charge is 0.389 e. The molecule has 0 radical (unpaired) electrons. The summed E-state index contributed by atoms with van der Waals surface area (Å²) in [7, 11) is 1.61. The zero-order valence-corrected chi connectivity index (χ0v) is 12.8. The van der Waals surface area contributed by atoms with Crippen molar-refractivity contribution in [2.24, 2.45) is 0 Å². The summed E-state index contributed by atoms with van der Waals surface area (Å²) in [5, 5.41) is 15.7. The van der Waals surface area contributed by atoms with E-state index in [1.54, 1.807) is 13.2 Å². The van der Waals surface area contributed by atoms with Gasteiger partial charge in [-0.05, 0) is 25.1 Å². The first-order valence-corrected chi connectivity index (χ1v) is 6.91. The number of aliphatic hydroxyl groups excluding tert-OH is 1. The summed E-state index contributed by atoms with van der Waals surface area (Å²) in [6.07, 6.45) is -0.665. The fourth-order valence-electron chi connectivity index (χ4n) is 1.76. The number of aliphatic hydroxyl groups is 1. The molecule has 2 atom stereocenters. The molecule has 0 fully saturated rings. The maximum atomic E-state index is 11.0. The molecule has 6 nitrogen and oxygen atoms in total. The summed E-state index contributed by atoms with van der Waals surface area (Å²) in [5.74, 6) is -0.118. The van der Waals surface area contributed by atoms with E-state index in [0.29, 0.717) is 18.8 Å². The monoisotopic (exact) mass is 296 g/mol. The number of rotatable bonds is 9. The summed E-state index contributed by atoms with van der Waals surface area (Å²) >= 11 is 0. The minimum Gasteiger partial charge on any atom is -0.389 e. The third kappa shape index (κ3) is 7.65. The number of carbonyl (C=O) groups excluding carboxylic acids is 1. The first-order chi connectivity index (χ1) is 10.0. The molecule has 0 aliphatic heterocycles. The molecule has 0 heterocycles. The summed E-state index contributed by atoms with van der Waals surface area (Å²) < 4.78 is 10.4. The highest BCUT2D eigenvalue weighted by molar-refractivity contribution is 5.89. The second kappa shape index (κ2) is 9.33. The van der Waals surface area contributed by atoms with Gasteiger partial charge in [0.1, 0.15) is 0 Å². The number of ether oxygens (including phenoxy) is 2. The van der Waals surface area contributed by atoms with Gasteiger partial charge in [-0.2, -0.15) is 0 Å². The van der Waals surface area contributed by atoms with Crippen molar-refractivity contribution < 1.29 is 19.4 Å². The number of benzene rings is 1. The lowest BCUT2D eigenvalue weighted by Gasteiger charge is -2.17. The van der Waals surface area contributed by atoms with Crippen LogP contribution in [0.2, 0.25) is 0 Å². The highest BCUT2D eigenvalue weighted by Gasteiger charge is 2.08. The molecular formula is C15H24N2O4. The maximum Gasteiger partial charge on any atom is 0.221 e. The Labute approximate surface area is 125 Å². The number of methoxy groups -OCH3 is 1. The maximum absolute atomic E-state index is 11.0. The van der Waals surface area contributed by atoms with Crippen molar-refractivity contribution in [2.45, 2.75) is 26.1 Å². The lowest BCUT2D eigenvalue weighted by molar-refractivity contribution is -0.114. The normalized spacial score (nSPS) is 13.5. The van der Waals surface area contributed by atoms with Crippen LogP contribution in [0.15, 0.2) is 24.3 Å². The Hall–Kier alpha value is -1.63. The molecule has 0 saturated carbocycles. The molecule has 0 saturated heterocycles. The second-order valence-electron chi connectivity index (χ2n) is 4.90. The van der Waals surface area contributed by atoms with E-state index in [2.05, 4.69) is 10.6 Å². The van der Waals surface area contributed by atoms with Gasteiger partial charge < -0.3 is 25.2 Å². The van der Waals surface area contributed by atoms with Crippen LogP contribution in [0.25, 0.3) is 0 Å². The summed E-state index contributed by atoms with van der Waals surface area (Å²) in [4.78, 5) is 11.0. The number of carbonyl (C=O) groups is 1. The Kier molecular flexibility index (Phi) is 7.74. The van der Waals surface area contributed by atoms with Crippen LogP contribution in [0, 0.1) is 0 Å². The number of hydrogen-bond donors (Lipinski definition) is 3. The fourth-order valence-corrected chi connectivity index (χ4v) is 1.76. The van der Waals surface area contributed by atoms with Crippen LogP contribution >= 0.6 is 0 Å². The number of nitrogens with one attached hydrogen (secondary N) is 2. The third-order valence-electron chi connectivity index (χ3n) is 2.70. The number of hydrogen-bond acceptors (Lipinski definition) is 5. The molecule has 0 aromatic heterocycles. The van der Waals surface area contributed by atoms with Crippen molar-refractivity contribution in [1.29, 1.82) is 0 Å². The Bertz CT molecular complexity index is 439. The Morgan fingerprint density at radius 1 is 1.33 bits per heavy atom. The summed E-state index contributed by atoms with van der Waals surface area (Å²) in [6, 6.07) is 7.31. The predicted octanol–water partition coefficient (Wildman–Crippen LogP) is 1.47. The lowest BCUT2D eigenvalue weighted by Crippen LogP contribution is -2.28. The van der Waals surface area contributed by atoms with Gasteiger partial charge in [-0.3, -0.25) is 4.79 Å². The van der Waals surface area contributed by atoms with Crippen LogP contribution in [0.1, 0.15) is 13.8 Å². The molecule has 1 aromatic carbocycles. The van der Waals surface area contributed by atoms with Gasteiger partial charge in [0, 0.05) is 32.0 Å². The molecule has 2 unspecified atom stereocenters. The van der Waals surface area contributed by atoms with Gasteiger partial charge >= 0.3 is 0 Å². The SMILES string of the molecule is COCC(C)OCC(O)CNc1cccc(NC(C)=O)c1. The average Bonchev–Trinajstić information content (AvgIpc) is 2.43. The highest BCUT2D eigenvalue weighted by Crippen LogP contribution is 2.14. The van der Waals surface area contributed by atoms with Crippen molar-refractivity contribution in [3.05, 3.63) is 24.3 Å². The van der Waals surface area contributed by atoms with Crippen molar-refractivity contribution in [2.75, 3.05) is 37.5 Å². The third-order valence-corrected chi connectivity index (χ3v) is 2.70. The van der Waals surface area contributed by atoms with Gasteiger partial charge in [-0.15, -0.1) is 0 Å². The predicted molar refractivity (Wildman–Crippen MR) is 82.5 cm³/mol. The number of anilines is 2. The lowest BCUT2D eigenvalue weighted by atomic mass is 10.2. The average molecular weight is 296 g/mol. The van der Waals surface area contributed by atoms with Crippen LogP contribution in [0.5, 0.6) is 0 Å². The minimum absolute atomic E-state index is 0.0484. The van der Waals surface area contributed by atoms with E-state index in [-0.39, 0.29) is 18.6 Å². The van der Waals surface area contributed by atoms with Gasteiger partial charge in [0.15, 0.2) is 0 Å². The standard InChI is InChI=1S/C15H24N2O4/c1-11(9-20-3)21-10-15(19)8-16-13-5-4-6-14(7-13)17-12(2)18/h4-7,11,15-16,19H,8-10H2,1-3H3,(H,17,18). The smallest absolute Gasteiger partial charge is 0.221 e. The molecule has 118 valence electrons. The van der Waals surface area contributed by atoms with E-state index < -0.39 is 6.10 Å². The van der Waals surface area contributed by atoms with Gasteiger partial charge in [0.2, 0.25) is 5.91 Å². The number of amides is 1. The molecule has 0 bridgehead atoms. The van der Waals surface area contributed by atoms with Crippen LogP contribution < -0.4 is 10.6 Å². The van der Waals surface area contributed by atoms with Crippen molar-refractivity contribution in [3.8, 4) is 0 Å². The molecule has 0 aliphatic carbocycles. The minimum atomic E-state index is -0.617. The molecule has 6 heteroatoms. The second-order valence-corrected chi connectivity index (χ2v) is 4.90. The first kappa shape index (κ1) is 17.4. The Morgan fingerprint density at radius 3 is 2.71 bits per heavy atom. The van der Waals surface area contributed by atoms with Crippen LogP contribution in [0.4, 0.5) is 11.4 Å². The topological polar surface area (TPSA) is 79.8 Å². The van der Waals surface area contributed by atoms with E-state index in [4.69, 9.17) is 9.47 Å². The van der Waals surface area contributed by atoms with Crippen molar-refractivity contribution in [1.82, 2.24) is 0 Å². The summed E-state index contributed by atoms with van der Waals surface area (Å²) in [6.45, 7) is 4.45. The van der Waals surface area contributed by atoms with Gasteiger partial charge in [-0.1, -0.05) is 6.07 Å². The van der Waals surface area contributed by atoms with E-state index in [1.807, 2.05) is 25.1 Å². The Morgan fingerprint density at radius 2 is 2.05 bits per heavy atom. The van der Waals surface area contributed by atoms with Crippen molar-refractivity contribution >= 4 is 17.3 Å². The zero-order valence-electron chi connectivity index (χ0n) is 12.8. The van der Waals surface area contributed by atoms with Crippen molar-refractivity contribution in [3.63, 3.8) is 0 Å². The molecule has 1 rings (SSSR count). The molecule has 0 spiro atoms. The van der Waals surface area contributed by atoms with E-state index in [0.717, 1.165) is 5.69 Å². The Balaban J connectivity index is 2.35. The van der Waals surface area contributed by atoms with E-state index in [9.17, 15) is 9.90 Å². The first-order valence-electron chi connectivity index (χ1n) is 6.91. The van der Waals surface area contributed by atoms with E-state index >= 15 is 0 Å². The van der Waals surface area contributed by atoms with Gasteiger partial charge in [-0.25, -0.2) is 0 Å². The van der Waals surface area contributed by atoms with Gasteiger partial charge in [0.05, 0.1) is 25.4 Å². The quantitative estimate of drug-likeness (QED) is 0.643. The van der Waals surface area contributed by atoms with Crippen LogP contribution in [-0.2, 0) is 14.3 Å². The summed E-state index contributed by atoms with van der Waals surface area (Å²) in [5.41, 5.74) is 1.54. The van der Waals surface area contributed by atoms with Crippen LogP contribution in [-0.4, -0.2) is 50.1 Å². The molecule has 3 N–H and O–H groups in total. The molecule has 21 heavy (non-hydrogen) atoms. The zero-order chi connectivity index (χ0) is 15.7. The molecule has 0 aliphatic rings. The van der Waals surface area contributed by atoms with Gasteiger partial charge in [0.25, 0.3) is 0 Å². The van der Waals surface area contributed by atoms with E-state index in [1.165, 1.54) is 6.92 Å². The fraction of sp³-hybridized carbons (Fsp3) is 0.533. The molecule has 1 aromatic rings. The molecule has 1 amide bonds. The van der Waals surface area contributed by atoms with Crippen LogP contribution in [0.3, 0.4) is 0 Å². The highest BCUT2D eigenvalue weighted by atomic mass is 16.5. The molecular weight excluding hydrogens is 272 g/mol.